The lowest BCUT2D eigenvalue weighted by molar-refractivity contribution is 0.160. The molecule has 1 unspecified atom stereocenters. The maximum atomic E-state index is 5.72. The number of aromatic nitrogens is 2. The number of nitrogens with zero attached hydrogens (tertiary/aromatic N) is 2. The Balaban J connectivity index is 1.95. The molecule has 1 fully saturated rings. The van der Waals surface area contributed by atoms with Crippen molar-refractivity contribution in [3.05, 3.63) is 17.5 Å². The Bertz CT molecular complexity index is 302. The summed E-state index contributed by atoms with van der Waals surface area (Å²) < 4.78 is 5.64. The Morgan fingerprint density at radius 2 is 2.43 bits per heavy atom. The number of piperidine rings is 1. The predicted molar refractivity (Wildman–Crippen MR) is 53.6 cm³/mol. The molecule has 2 heterocycles. The van der Waals surface area contributed by atoms with Crippen LogP contribution in [0.1, 0.15) is 12.8 Å². The van der Waals surface area contributed by atoms with Crippen LogP contribution in [-0.4, -0.2) is 29.2 Å². The van der Waals surface area contributed by atoms with E-state index < -0.39 is 0 Å². The van der Waals surface area contributed by atoms with Gasteiger partial charge >= 0.3 is 0 Å². The summed E-state index contributed by atoms with van der Waals surface area (Å²) in [5.41, 5.74) is 0. The van der Waals surface area contributed by atoms with Gasteiger partial charge in [0.2, 0.25) is 5.88 Å². The Morgan fingerprint density at radius 1 is 1.50 bits per heavy atom. The van der Waals surface area contributed by atoms with Gasteiger partial charge < -0.3 is 10.1 Å². The Kier molecular flexibility index (Phi) is 3.16. The van der Waals surface area contributed by atoms with Crippen LogP contribution < -0.4 is 10.1 Å². The molecule has 1 aliphatic rings. The van der Waals surface area contributed by atoms with Crippen molar-refractivity contribution >= 4 is 11.6 Å². The monoisotopic (exact) mass is 213 g/mol. The second-order valence-corrected chi connectivity index (χ2v) is 3.65. The van der Waals surface area contributed by atoms with Crippen LogP contribution in [0.4, 0.5) is 0 Å². The third kappa shape index (κ3) is 2.56. The minimum absolute atomic E-state index is 0.203. The summed E-state index contributed by atoms with van der Waals surface area (Å²) in [7, 11) is 0. The van der Waals surface area contributed by atoms with Gasteiger partial charge in [0, 0.05) is 12.6 Å². The first-order valence-electron chi connectivity index (χ1n) is 4.69. The average Bonchev–Trinajstić information content (AvgIpc) is 2.19. The van der Waals surface area contributed by atoms with Crippen molar-refractivity contribution in [2.75, 3.05) is 13.1 Å². The molecule has 1 atom stereocenters. The van der Waals surface area contributed by atoms with Crippen LogP contribution in [-0.2, 0) is 0 Å². The average molecular weight is 214 g/mol. The van der Waals surface area contributed by atoms with Crippen LogP contribution in [0.15, 0.2) is 12.4 Å². The molecular formula is C9H12ClN3O. The number of hydrogen-bond donors (Lipinski definition) is 1. The molecule has 14 heavy (non-hydrogen) atoms. The number of ether oxygens (including phenoxy) is 1. The normalized spacial score (nSPS) is 21.9. The molecule has 1 aromatic rings. The zero-order valence-electron chi connectivity index (χ0n) is 7.74. The quantitative estimate of drug-likeness (QED) is 0.752. The Morgan fingerprint density at radius 3 is 3.14 bits per heavy atom. The molecule has 4 nitrogen and oxygen atoms in total. The maximum absolute atomic E-state index is 5.72. The van der Waals surface area contributed by atoms with Crippen LogP contribution in [0.3, 0.4) is 0 Å². The lowest BCUT2D eigenvalue weighted by Crippen LogP contribution is -2.37. The summed E-state index contributed by atoms with van der Waals surface area (Å²) >= 11 is 5.72. The predicted octanol–water partition coefficient (Wildman–Crippen LogP) is 1.26. The summed E-state index contributed by atoms with van der Waals surface area (Å²) in [6.45, 7) is 1.95. The first-order valence-corrected chi connectivity index (χ1v) is 5.07. The van der Waals surface area contributed by atoms with Gasteiger partial charge in [-0.3, -0.25) is 0 Å². The maximum Gasteiger partial charge on any atom is 0.218 e. The second kappa shape index (κ2) is 4.57. The fourth-order valence-electron chi connectivity index (χ4n) is 1.47. The fraction of sp³-hybridized carbons (Fsp3) is 0.556. The van der Waals surface area contributed by atoms with E-state index in [9.17, 15) is 0 Å². The highest BCUT2D eigenvalue weighted by molar-refractivity contribution is 6.29. The summed E-state index contributed by atoms with van der Waals surface area (Å²) in [5.74, 6) is 0.554. The standard InChI is InChI=1S/C9H12ClN3O/c10-8-4-9(13-6-12-8)14-7-2-1-3-11-5-7/h4,6-7,11H,1-3,5H2. The summed E-state index contributed by atoms with van der Waals surface area (Å²) in [6.07, 6.45) is 3.82. The molecule has 0 amide bonds. The van der Waals surface area contributed by atoms with Crippen LogP contribution in [0.2, 0.25) is 5.15 Å². The molecule has 0 bridgehead atoms. The van der Waals surface area contributed by atoms with E-state index in [2.05, 4.69) is 15.3 Å². The van der Waals surface area contributed by atoms with E-state index >= 15 is 0 Å². The molecule has 2 rings (SSSR count). The molecule has 5 heteroatoms. The molecule has 1 N–H and O–H groups in total. The van der Waals surface area contributed by atoms with Gasteiger partial charge in [0.25, 0.3) is 0 Å². The summed E-state index contributed by atoms with van der Waals surface area (Å²) in [6, 6.07) is 1.64. The van der Waals surface area contributed by atoms with E-state index in [1.807, 2.05) is 0 Å². The van der Waals surface area contributed by atoms with Crippen molar-refractivity contribution in [1.29, 1.82) is 0 Å². The lowest BCUT2D eigenvalue weighted by atomic mass is 10.1. The van der Waals surface area contributed by atoms with Gasteiger partial charge in [0.05, 0.1) is 0 Å². The van der Waals surface area contributed by atoms with Gasteiger partial charge in [-0.1, -0.05) is 11.6 Å². The third-order valence-corrected chi connectivity index (χ3v) is 2.35. The minimum Gasteiger partial charge on any atom is -0.473 e. The van der Waals surface area contributed by atoms with Crippen LogP contribution in [0.5, 0.6) is 5.88 Å². The van der Waals surface area contributed by atoms with E-state index in [0.717, 1.165) is 25.9 Å². The van der Waals surface area contributed by atoms with E-state index in [4.69, 9.17) is 16.3 Å². The molecule has 1 aromatic heterocycles. The molecule has 0 radical (unpaired) electrons. The third-order valence-electron chi connectivity index (χ3n) is 2.15. The largest absolute Gasteiger partial charge is 0.473 e. The summed E-state index contributed by atoms with van der Waals surface area (Å²) in [5, 5.41) is 3.68. The van der Waals surface area contributed by atoms with Gasteiger partial charge in [-0.05, 0) is 19.4 Å². The number of rotatable bonds is 2. The van der Waals surface area contributed by atoms with Crippen molar-refractivity contribution in [3.8, 4) is 5.88 Å². The van der Waals surface area contributed by atoms with E-state index in [-0.39, 0.29) is 6.10 Å². The SMILES string of the molecule is Clc1cc(OC2CCCNC2)ncn1. The first kappa shape index (κ1) is 9.68. The molecule has 0 saturated carbocycles. The van der Waals surface area contributed by atoms with Gasteiger partial charge in [-0.15, -0.1) is 0 Å². The van der Waals surface area contributed by atoms with Crippen molar-refractivity contribution in [2.45, 2.75) is 18.9 Å². The summed E-state index contributed by atoms with van der Waals surface area (Å²) in [4.78, 5) is 7.78. The van der Waals surface area contributed by atoms with Gasteiger partial charge in [0.15, 0.2) is 0 Å². The minimum atomic E-state index is 0.203. The highest BCUT2D eigenvalue weighted by Gasteiger charge is 2.14. The molecule has 0 spiro atoms. The number of nitrogens with one attached hydrogen (secondary N) is 1. The first-order chi connectivity index (χ1) is 6.84. The lowest BCUT2D eigenvalue weighted by Gasteiger charge is -2.23. The molecule has 0 aromatic carbocycles. The second-order valence-electron chi connectivity index (χ2n) is 3.27. The zero-order chi connectivity index (χ0) is 9.80. The van der Waals surface area contributed by atoms with Crippen LogP contribution in [0.25, 0.3) is 0 Å². The van der Waals surface area contributed by atoms with Gasteiger partial charge in [0.1, 0.15) is 17.6 Å². The number of hydrogen-bond acceptors (Lipinski definition) is 4. The highest BCUT2D eigenvalue weighted by Crippen LogP contribution is 2.15. The van der Waals surface area contributed by atoms with E-state index in [1.165, 1.54) is 6.33 Å². The van der Waals surface area contributed by atoms with Gasteiger partial charge in [-0.2, -0.15) is 0 Å². The molecule has 1 aliphatic heterocycles. The molecule has 0 aliphatic carbocycles. The van der Waals surface area contributed by atoms with Crippen LogP contribution in [0, 0.1) is 0 Å². The highest BCUT2D eigenvalue weighted by atomic mass is 35.5. The van der Waals surface area contributed by atoms with Crippen LogP contribution >= 0.6 is 11.6 Å². The van der Waals surface area contributed by atoms with E-state index in [0.29, 0.717) is 11.0 Å². The molecule has 1 saturated heterocycles. The van der Waals surface area contributed by atoms with Crippen molar-refractivity contribution in [1.82, 2.24) is 15.3 Å². The number of halogens is 1. The Labute approximate surface area is 87.7 Å². The molecule has 76 valence electrons. The Hall–Kier alpha value is -0.870. The molecular weight excluding hydrogens is 202 g/mol. The topological polar surface area (TPSA) is 47.0 Å². The smallest absolute Gasteiger partial charge is 0.218 e. The van der Waals surface area contributed by atoms with Crippen molar-refractivity contribution < 1.29 is 4.74 Å². The van der Waals surface area contributed by atoms with Gasteiger partial charge in [-0.25, -0.2) is 9.97 Å². The fourth-order valence-corrected chi connectivity index (χ4v) is 1.61. The van der Waals surface area contributed by atoms with E-state index in [1.54, 1.807) is 6.07 Å². The zero-order valence-corrected chi connectivity index (χ0v) is 8.50. The van der Waals surface area contributed by atoms with Crippen molar-refractivity contribution in [2.24, 2.45) is 0 Å². The van der Waals surface area contributed by atoms with Crippen molar-refractivity contribution in [3.63, 3.8) is 0 Å².